The number of nitrogens with one attached hydrogen (secondary N) is 1. The van der Waals surface area contributed by atoms with Gasteiger partial charge in [0.25, 0.3) is 10.0 Å². The first kappa shape index (κ1) is 19.0. The second-order valence-electron chi connectivity index (χ2n) is 7.79. The molecule has 0 radical (unpaired) electrons. The second kappa shape index (κ2) is 6.90. The van der Waals surface area contributed by atoms with Crippen molar-refractivity contribution in [2.45, 2.75) is 37.1 Å². The Bertz CT molecular complexity index is 1020. The molecule has 0 aliphatic carbocycles. The van der Waals surface area contributed by atoms with E-state index in [0.717, 1.165) is 36.3 Å². The molecule has 0 spiro atoms. The molecule has 2 atom stereocenters. The van der Waals surface area contributed by atoms with Crippen molar-refractivity contribution in [3.05, 3.63) is 53.6 Å². The third-order valence-electron chi connectivity index (χ3n) is 5.63. The number of rotatable bonds is 3. The van der Waals surface area contributed by atoms with Crippen LogP contribution in [0.1, 0.15) is 30.4 Å². The predicted molar refractivity (Wildman–Crippen MR) is 110 cm³/mol. The van der Waals surface area contributed by atoms with Gasteiger partial charge in [0.2, 0.25) is 5.91 Å². The number of hydrogen-bond donors (Lipinski definition) is 1. The summed E-state index contributed by atoms with van der Waals surface area (Å²) in [6.45, 7) is 5.20. The van der Waals surface area contributed by atoms with Gasteiger partial charge in [-0.3, -0.25) is 9.10 Å². The topological polar surface area (TPSA) is 69.7 Å². The van der Waals surface area contributed by atoms with E-state index >= 15 is 0 Å². The van der Waals surface area contributed by atoms with Gasteiger partial charge < -0.3 is 10.2 Å². The van der Waals surface area contributed by atoms with Crippen molar-refractivity contribution in [2.24, 2.45) is 0 Å². The molecule has 1 amide bonds. The molecule has 1 fully saturated rings. The van der Waals surface area contributed by atoms with Gasteiger partial charge in [-0.15, -0.1) is 0 Å². The SMILES string of the molecule is CC(=O)Nc1ccc(S(=O)(=O)N2c3ccc(C)cc3[C@@H]3CN(C)CC[C@@H]32)cc1. The second-order valence-corrected chi connectivity index (χ2v) is 9.61. The number of sulfonamides is 1. The van der Waals surface area contributed by atoms with Crippen LogP contribution in [0.3, 0.4) is 0 Å². The number of anilines is 2. The van der Waals surface area contributed by atoms with E-state index in [0.29, 0.717) is 5.69 Å². The highest BCUT2D eigenvalue weighted by molar-refractivity contribution is 7.92. The molecule has 2 aromatic rings. The van der Waals surface area contributed by atoms with Gasteiger partial charge in [0, 0.05) is 25.1 Å². The number of carbonyl (C=O) groups is 1. The molecule has 2 aromatic carbocycles. The maximum atomic E-state index is 13.6. The molecular weight excluding hydrogens is 374 g/mol. The zero-order valence-corrected chi connectivity index (χ0v) is 17.2. The highest BCUT2D eigenvalue weighted by atomic mass is 32.2. The summed E-state index contributed by atoms with van der Waals surface area (Å²) in [4.78, 5) is 13.7. The average molecular weight is 400 g/mol. The molecule has 2 aliphatic heterocycles. The highest BCUT2D eigenvalue weighted by Crippen LogP contribution is 2.47. The Hall–Kier alpha value is -2.38. The van der Waals surface area contributed by atoms with Gasteiger partial charge in [-0.05, 0) is 62.8 Å². The van der Waals surface area contributed by atoms with Gasteiger partial charge in [0.05, 0.1) is 16.6 Å². The van der Waals surface area contributed by atoms with Crippen molar-refractivity contribution in [2.75, 3.05) is 29.8 Å². The summed E-state index contributed by atoms with van der Waals surface area (Å²) >= 11 is 0. The fourth-order valence-electron chi connectivity index (χ4n) is 4.37. The van der Waals surface area contributed by atoms with Crippen LogP contribution in [-0.2, 0) is 14.8 Å². The van der Waals surface area contributed by atoms with E-state index in [1.165, 1.54) is 6.92 Å². The molecule has 1 N–H and O–H groups in total. The van der Waals surface area contributed by atoms with Crippen molar-refractivity contribution in [1.82, 2.24) is 4.90 Å². The summed E-state index contributed by atoms with van der Waals surface area (Å²) < 4.78 is 28.8. The lowest BCUT2D eigenvalue weighted by atomic mass is 9.89. The van der Waals surface area contributed by atoms with E-state index < -0.39 is 10.0 Å². The number of amides is 1. The average Bonchev–Trinajstić information content (AvgIpc) is 2.95. The number of fused-ring (bicyclic) bond motifs is 3. The highest BCUT2D eigenvalue weighted by Gasteiger charge is 2.46. The summed E-state index contributed by atoms with van der Waals surface area (Å²) in [6, 6.07) is 12.4. The first-order chi connectivity index (χ1) is 13.3. The summed E-state index contributed by atoms with van der Waals surface area (Å²) in [5, 5.41) is 2.67. The van der Waals surface area contributed by atoms with Crippen molar-refractivity contribution >= 4 is 27.3 Å². The predicted octanol–water partition coefficient (Wildman–Crippen LogP) is 2.95. The molecule has 0 aromatic heterocycles. The number of nitrogens with zero attached hydrogens (tertiary/aromatic N) is 2. The maximum absolute atomic E-state index is 13.6. The number of likely N-dealkylation sites (tertiary alicyclic amines) is 1. The van der Waals surface area contributed by atoms with Crippen LogP contribution in [0.4, 0.5) is 11.4 Å². The van der Waals surface area contributed by atoms with Crippen molar-refractivity contribution < 1.29 is 13.2 Å². The lowest BCUT2D eigenvalue weighted by Crippen LogP contribution is -2.47. The molecule has 1 saturated heterocycles. The van der Waals surface area contributed by atoms with E-state index in [2.05, 4.69) is 23.3 Å². The number of benzene rings is 2. The minimum Gasteiger partial charge on any atom is -0.326 e. The molecular formula is C21H25N3O3S. The monoisotopic (exact) mass is 399 g/mol. The molecule has 0 bridgehead atoms. The largest absolute Gasteiger partial charge is 0.326 e. The van der Waals surface area contributed by atoms with Gasteiger partial charge in [-0.1, -0.05) is 17.7 Å². The van der Waals surface area contributed by atoms with Crippen molar-refractivity contribution in [3.63, 3.8) is 0 Å². The van der Waals surface area contributed by atoms with Crippen LogP contribution in [0.5, 0.6) is 0 Å². The summed E-state index contributed by atoms with van der Waals surface area (Å²) in [5.41, 5.74) is 3.64. The number of aryl methyl sites for hydroxylation is 1. The smallest absolute Gasteiger partial charge is 0.264 e. The van der Waals surface area contributed by atoms with Gasteiger partial charge in [0.15, 0.2) is 0 Å². The first-order valence-electron chi connectivity index (χ1n) is 9.48. The summed E-state index contributed by atoms with van der Waals surface area (Å²) in [7, 11) is -1.61. The molecule has 28 heavy (non-hydrogen) atoms. The Labute approximate surface area is 166 Å². The molecule has 148 valence electrons. The van der Waals surface area contributed by atoms with E-state index in [4.69, 9.17) is 0 Å². The zero-order valence-electron chi connectivity index (χ0n) is 16.3. The molecule has 0 unspecified atom stereocenters. The number of piperidine rings is 1. The van der Waals surface area contributed by atoms with Crippen molar-refractivity contribution in [1.29, 1.82) is 0 Å². The Kier molecular flexibility index (Phi) is 4.67. The van der Waals surface area contributed by atoms with E-state index in [1.54, 1.807) is 28.6 Å². The van der Waals surface area contributed by atoms with E-state index in [1.807, 2.05) is 19.1 Å². The van der Waals surface area contributed by atoms with Gasteiger partial charge in [0.1, 0.15) is 0 Å². The van der Waals surface area contributed by atoms with Crippen LogP contribution >= 0.6 is 0 Å². The van der Waals surface area contributed by atoms with Crippen LogP contribution in [0.2, 0.25) is 0 Å². The van der Waals surface area contributed by atoms with Gasteiger partial charge >= 0.3 is 0 Å². The third-order valence-corrected chi connectivity index (χ3v) is 7.49. The number of carbonyl (C=O) groups excluding carboxylic acids is 1. The van der Waals surface area contributed by atoms with Crippen LogP contribution in [0.15, 0.2) is 47.4 Å². The fraction of sp³-hybridized carbons (Fsp3) is 0.381. The third kappa shape index (κ3) is 3.18. The van der Waals surface area contributed by atoms with Gasteiger partial charge in [-0.25, -0.2) is 8.42 Å². The quantitative estimate of drug-likeness (QED) is 0.862. The van der Waals surface area contributed by atoms with Gasteiger partial charge in [-0.2, -0.15) is 0 Å². The normalized spacial score (nSPS) is 21.9. The Morgan fingerprint density at radius 1 is 1.14 bits per heavy atom. The maximum Gasteiger partial charge on any atom is 0.264 e. The minimum absolute atomic E-state index is 0.0620. The Morgan fingerprint density at radius 3 is 2.54 bits per heavy atom. The molecule has 6 nitrogen and oxygen atoms in total. The number of likely N-dealkylation sites (N-methyl/N-ethyl adjacent to an activating group) is 1. The zero-order chi connectivity index (χ0) is 20.1. The molecule has 4 rings (SSSR count). The lowest BCUT2D eigenvalue weighted by Gasteiger charge is -2.36. The van der Waals surface area contributed by atoms with Crippen LogP contribution < -0.4 is 9.62 Å². The standard InChI is InChI=1S/C21H25N3O3S/c1-14-4-9-20-18(12-14)19-13-23(3)11-10-21(19)24(20)28(26,27)17-7-5-16(6-8-17)22-15(2)25/h4-9,12,19,21H,10-11,13H2,1-3H3,(H,22,25)/t19-,21-/m0/s1. The molecule has 2 aliphatic rings. The minimum atomic E-state index is -3.70. The van der Waals surface area contributed by atoms with Crippen LogP contribution in [0.25, 0.3) is 0 Å². The van der Waals surface area contributed by atoms with E-state index in [9.17, 15) is 13.2 Å². The Balaban J connectivity index is 1.75. The summed E-state index contributed by atoms with van der Waals surface area (Å²) in [6.07, 6.45) is 0.804. The first-order valence-corrected chi connectivity index (χ1v) is 10.9. The fourth-order valence-corrected chi connectivity index (χ4v) is 6.12. The Morgan fingerprint density at radius 2 is 1.86 bits per heavy atom. The lowest BCUT2D eigenvalue weighted by molar-refractivity contribution is -0.114. The molecule has 7 heteroatoms. The summed E-state index contributed by atoms with van der Waals surface area (Å²) in [5.74, 6) is -0.00399. The number of hydrogen-bond acceptors (Lipinski definition) is 4. The van der Waals surface area contributed by atoms with Crippen LogP contribution in [-0.4, -0.2) is 45.4 Å². The molecule has 0 saturated carbocycles. The van der Waals surface area contributed by atoms with E-state index in [-0.39, 0.29) is 22.8 Å². The molecule has 2 heterocycles. The van der Waals surface area contributed by atoms with Crippen LogP contribution in [0, 0.1) is 6.92 Å². The van der Waals surface area contributed by atoms with Crippen molar-refractivity contribution in [3.8, 4) is 0 Å².